The largest absolute Gasteiger partial charge is 0.340 e. The van der Waals surface area contributed by atoms with Crippen molar-refractivity contribution in [1.29, 1.82) is 0 Å². The van der Waals surface area contributed by atoms with Crippen LogP contribution in [0.2, 0.25) is 0 Å². The second kappa shape index (κ2) is 5.75. The summed E-state index contributed by atoms with van der Waals surface area (Å²) in [6.07, 6.45) is 0. The Balaban J connectivity index is 3.23. The summed E-state index contributed by atoms with van der Waals surface area (Å²) < 4.78 is 0. The van der Waals surface area contributed by atoms with Gasteiger partial charge in [0.25, 0.3) is 0 Å². The highest BCUT2D eigenvalue weighted by molar-refractivity contribution is 6.34. The molecule has 0 unspecified atom stereocenters. The van der Waals surface area contributed by atoms with Gasteiger partial charge in [-0.15, -0.1) is 0 Å². The van der Waals surface area contributed by atoms with Crippen LogP contribution in [0.5, 0.6) is 0 Å². The smallest absolute Gasteiger partial charge is 0.321 e. The zero-order chi connectivity index (χ0) is 11.2. The Labute approximate surface area is 89.5 Å². The van der Waals surface area contributed by atoms with Crippen molar-refractivity contribution in [3.8, 4) is 0 Å². The van der Waals surface area contributed by atoms with Gasteiger partial charge in [0.05, 0.1) is 0 Å². The lowest BCUT2D eigenvalue weighted by Crippen LogP contribution is -2.55. The number of rotatable bonds is 5. The third-order valence-electron chi connectivity index (χ3n) is 1.24. The lowest BCUT2D eigenvalue weighted by Gasteiger charge is -2.22. The third kappa shape index (κ3) is 12.0. The molecule has 0 atom stereocenters. The number of hydrazine groups is 1. The second-order valence-corrected chi connectivity index (χ2v) is 5.37. The Morgan fingerprint density at radius 2 is 0.929 bits per heavy atom. The highest BCUT2D eigenvalue weighted by atomic mass is 15.3. The number of nitrogens with one attached hydrogen (secondary N) is 4. The molecule has 0 rings (SSSR count). The molecule has 2 radical (unpaired) electrons. The molecule has 0 spiro atoms. The minimum Gasteiger partial charge on any atom is -0.340 e. The summed E-state index contributed by atoms with van der Waals surface area (Å²) in [6.45, 7) is 12.6. The highest BCUT2D eigenvalue weighted by Crippen LogP contribution is 1.95. The third-order valence-corrected chi connectivity index (χ3v) is 1.24. The first kappa shape index (κ1) is 14.0. The van der Waals surface area contributed by atoms with Crippen molar-refractivity contribution in [2.75, 3.05) is 0 Å². The zero-order valence-corrected chi connectivity index (χ0v) is 10.2. The molecule has 0 aliphatic heterocycles. The SMILES string of the molecule is CC(C)(C)N[B]NN[B]NC(C)(C)C. The first-order valence-electron chi connectivity index (χ1n) is 4.90. The molecule has 0 heterocycles. The van der Waals surface area contributed by atoms with Crippen molar-refractivity contribution >= 4 is 15.1 Å². The molecule has 14 heavy (non-hydrogen) atoms. The molecule has 0 aromatic carbocycles. The predicted octanol–water partition coefficient (Wildman–Crippen LogP) is -0.0748. The van der Waals surface area contributed by atoms with E-state index in [-0.39, 0.29) is 11.1 Å². The molecule has 0 saturated heterocycles. The van der Waals surface area contributed by atoms with Crippen LogP contribution in [0, 0.1) is 0 Å². The lowest BCUT2D eigenvalue weighted by atomic mass is 10.0. The fourth-order valence-electron chi connectivity index (χ4n) is 0.589. The summed E-state index contributed by atoms with van der Waals surface area (Å²) in [5.41, 5.74) is 0.179. The van der Waals surface area contributed by atoms with Crippen LogP contribution in [0.3, 0.4) is 0 Å². The van der Waals surface area contributed by atoms with Gasteiger partial charge in [0.2, 0.25) is 0 Å². The molecule has 0 aliphatic rings. The fraction of sp³-hybridized carbons (Fsp3) is 1.00. The summed E-state index contributed by atoms with van der Waals surface area (Å²) >= 11 is 0. The van der Waals surface area contributed by atoms with Gasteiger partial charge in [-0.2, -0.15) is 0 Å². The molecule has 4 N–H and O–H groups in total. The van der Waals surface area contributed by atoms with E-state index in [4.69, 9.17) is 0 Å². The Morgan fingerprint density at radius 3 is 1.14 bits per heavy atom. The number of hydrogen-bond acceptors (Lipinski definition) is 4. The minimum atomic E-state index is 0.0894. The number of hydrogen-bond donors (Lipinski definition) is 4. The van der Waals surface area contributed by atoms with Crippen molar-refractivity contribution in [1.82, 2.24) is 21.1 Å². The normalized spacial score (nSPS) is 12.7. The van der Waals surface area contributed by atoms with Crippen molar-refractivity contribution < 1.29 is 0 Å². The lowest BCUT2D eigenvalue weighted by molar-refractivity contribution is 0.511. The first-order chi connectivity index (χ1) is 6.21. The van der Waals surface area contributed by atoms with Crippen molar-refractivity contribution in [2.24, 2.45) is 0 Å². The van der Waals surface area contributed by atoms with Crippen LogP contribution in [0.1, 0.15) is 41.5 Å². The van der Waals surface area contributed by atoms with Crippen molar-refractivity contribution in [3.05, 3.63) is 0 Å². The van der Waals surface area contributed by atoms with Crippen LogP contribution in [0.25, 0.3) is 0 Å². The molecule has 6 heteroatoms. The van der Waals surface area contributed by atoms with Crippen LogP contribution in [0.4, 0.5) is 0 Å². The van der Waals surface area contributed by atoms with Gasteiger partial charge in [0.15, 0.2) is 0 Å². The summed E-state index contributed by atoms with van der Waals surface area (Å²) in [6, 6.07) is 0. The topological polar surface area (TPSA) is 48.1 Å². The van der Waals surface area contributed by atoms with Crippen molar-refractivity contribution in [3.63, 3.8) is 0 Å². The molecule has 0 aliphatic carbocycles. The average Bonchev–Trinajstić information content (AvgIpc) is 1.92. The summed E-state index contributed by atoms with van der Waals surface area (Å²) in [4.78, 5) is 0. The van der Waals surface area contributed by atoms with Gasteiger partial charge >= 0.3 is 15.1 Å². The monoisotopic (exact) mass is 196 g/mol. The quantitative estimate of drug-likeness (QED) is 0.282. The molecule has 0 bridgehead atoms. The van der Waals surface area contributed by atoms with E-state index in [2.05, 4.69) is 62.7 Å². The molecule has 4 nitrogen and oxygen atoms in total. The van der Waals surface area contributed by atoms with Gasteiger partial charge in [0, 0.05) is 11.1 Å². The Bertz CT molecular complexity index is 132. The van der Waals surface area contributed by atoms with E-state index < -0.39 is 0 Å². The maximum Gasteiger partial charge on any atom is 0.321 e. The molecule has 0 amide bonds. The van der Waals surface area contributed by atoms with Gasteiger partial charge in [-0.3, -0.25) is 10.7 Å². The fourth-order valence-corrected chi connectivity index (χ4v) is 0.589. The van der Waals surface area contributed by atoms with Gasteiger partial charge < -0.3 is 10.5 Å². The molecule has 0 aromatic rings. The molecule has 0 saturated carbocycles. The van der Waals surface area contributed by atoms with E-state index in [0.717, 1.165) is 0 Å². The maximum absolute atomic E-state index is 3.17. The molecular weight excluding hydrogens is 174 g/mol. The Kier molecular flexibility index (Phi) is 5.74. The molecule has 0 fully saturated rings. The Morgan fingerprint density at radius 1 is 0.643 bits per heavy atom. The van der Waals surface area contributed by atoms with E-state index in [1.165, 1.54) is 0 Å². The van der Waals surface area contributed by atoms with Gasteiger partial charge in [-0.1, -0.05) is 0 Å². The standard InChI is InChI=1S/C8H22B2N4/c1-7(2,3)11-9-13-14-10-12-8(4,5)6/h11-14H,1-6H3. The van der Waals surface area contributed by atoms with Crippen LogP contribution < -0.4 is 21.1 Å². The van der Waals surface area contributed by atoms with Crippen LogP contribution >= 0.6 is 0 Å². The van der Waals surface area contributed by atoms with Crippen LogP contribution in [-0.4, -0.2) is 26.2 Å². The zero-order valence-electron chi connectivity index (χ0n) is 10.2. The molecule has 0 aromatic heterocycles. The van der Waals surface area contributed by atoms with Crippen LogP contribution in [-0.2, 0) is 0 Å². The van der Waals surface area contributed by atoms with Gasteiger partial charge in [0.1, 0.15) is 0 Å². The minimum absolute atomic E-state index is 0.0894. The van der Waals surface area contributed by atoms with Crippen molar-refractivity contribution in [2.45, 2.75) is 52.6 Å². The van der Waals surface area contributed by atoms with Gasteiger partial charge in [-0.25, -0.2) is 0 Å². The highest BCUT2D eigenvalue weighted by Gasteiger charge is 2.10. The summed E-state index contributed by atoms with van der Waals surface area (Å²) in [7, 11) is 3.56. The summed E-state index contributed by atoms with van der Waals surface area (Å²) in [5, 5.41) is 12.2. The first-order valence-corrected chi connectivity index (χ1v) is 4.90. The Hall–Kier alpha value is -0.0301. The van der Waals surface area contributed by atoms with E-state index >= 15 is 0 Å². The van der Waals surface area contributed by atoms with Gasteiger partial charge in [-0.05, 0) is 41.5 Å². The summed E-state index contributed by atoms with van der Waals surface area (Å²) in [5.74, 6) is 0. The van der Waals surface area contributed by atoms with E-state index in [1.807, 2.05) is 0 Å². The van der Waals surface area contributed by atoms with E-state index in [1.54, 1.807) is 15.1 Å². The molecular formula is C8H22B2N4. The second-order valence-electron chi connectivity index (χ2n) is 5.37. The molecule has 80 valence electrons. The van der Waals surface area contributed by atoms with E-state index in [9.17, 15) is 0 Å². The average molecular weight is 196 g/mol. The predicted molar refractivity (Wildman–Crippen MR) is 63.6 cm³/mol. The van der Waals surface area contributed by atoms with E-state index in [0.29, 0.717) is 0 Å². The van der Waals surface area contributed by atoms with Crippen LogP contribution in [0.15, 0.2) is 0 Å². The maximum atomic E-state index is 3.17.